The van der Waals surface area contributed by atoms with E-state index >= 15 is 0 Å². The van der Waals surface area contributed by atoms with E-state index in [0.717, 1.165) is 12.8 Å². The molecule has 6 heteroatoms. The predicted octanol–water partition coefficient (Wildman–Crippen LogP) is 3.81. The molecule has 0 saturated heterocycles. The van der Waals surface area contributed by atoms with Gasteiger partial charge < -0.3 is 15.4 Å². The lowest BCUT2D eigenvalue weighted by Crippen LogP contribution is -2.36. The summed E-state index contributed by atoms with van der Waals surface area (Å²) in [5.74, 6) is 0.619. The first kappa shape index (κ1) is 17.8. The fraction of sp³-hybridized carbons (Fsp3) is 0.500. The molecule has 3 N–H and O–H groups in total. The standard InChI is InChI=1S/C16H25N3O3/c1-11(2)8-9-12(3)17-15(20)18-13-6-5-7-14(10-13)19-16(21)22-4/h5-7,10-12H,8-9H2,1-4H3,(H,19,21)(H2,17,18,20). The third kappa shape index (κ3) is 6.97. The molecule has 0 saturated carbocycles. The fourth-order valence-corrected chi connectivity index (χ4v) is 1.89. The molecule has 0 radical (unpaired) electrons. The van der Waals surface area contributed by atoms with Crippen molar-refractivity contribution in [3.63, 3.8) is 0 Å². The summed E-state index contributed by atoms with van der Waals surface area (Å²) >= 11 is 0. The van der Waals surface area contributed by atoms with E-state index in [2.05, 4.69) is 34.5 Å². The van der Waals surface area contributed by atoms with Crippen molar-refractivity contribution < 1.29 is 14.3 Å². The Bertz CT molecular complexity index is 503. The fourth-order valence-electron chi connectivity index (χ4n) is 1.89. The number of amides is 3. The largest absolute Gasteiger partial charge is 0.453 e. The van der Waals surface area contributed by atoms with Gasteiger partial charge in [0, 0.05) is 17.4 Å². The van der Waals surface area contributed by atoms with Crippen LogP contribution >= 0.6 is 0 Å². The summed E-state index contributed by atoms with van der Waals surface area (Å²) in [6, 6.07) is 6.72. The molecule has 3 amide bonds. The number of nitrogens with one attached hydrogen (secondary N) is 3. The molecule has 1 unspecified atom stereocenters. The van der Waals surface area contributed by atoms with E-state index in [9.17, 15) is 9.59 Å². The molecule has 22 heavy (non-hydrogen) atoms. The topological polar surface area (TPSA) is 79.5 Å². The van der Waals surface area contributed by atoms with E-state index < -0.39 is 6.09 Å². The van der Waals surface area contributed by atoms with Gasteiger partial charge in [-0.15, -0.1) is 0 Å². The van der Waals surface area contributed by atoms with E-state index in [1.807, 2.05) is 6.92 Å². The highest BCUT2D eigenvalue weighted by molar-refractivity contribution is 5.91. The Morgan fingerprint density at radius 1 is 1.09 bits per heavy atom. The average molecular weight is 307 g/mol. The molecular weight excluding hydrogens is 282 g/mol. The molecule has 0 spiro atoms. The van der Waals surface area contributed by atoms with Gasteiger partial charge in [0.1, 0.15) is 0 Å². The van der Waals surface area contributed by atoms with Gasteiger partial charge >= 0.3 is 12.1 Å². The van der Waals surface area contributed by atoms with E-state index in [1.165, 1.54) is 7.11 Å². The van der Waals surface area contributed by atoms with E-state index in [4.69, 9.17) is 0 Å². The van der Waals surface area contributed by atoms with Crippen molar-refractivity contribution in [2.75, 3.05) is 17.7 Å². The number of anilines is 2. The third-order valence-electron chi connectivity index (χ3n) is 3.11. The van der Waals surface area contributed by atoms with Crippen LogP contribution < -0.4 is 16.0 Å². The van der Waals surface area contributed by atoms with Gasteiger partial charge in [0.05, 0.1) is 7.11 Å². The second kappa shape index (κ2) is 8.92. The minimum absolute atomic E-state index is 0.110. The smallest absolute Gasteiger partial charge is 0.411 e. The van der Waals surface area contributed by atoms with Gasteiger partial charge in [-0.25, -0.2) is 9.59 Å². The molecule has 0 aliphatic heterocycles. The van der Waals surface area contributed by atoms with Gasteiger partial charge in [-0.05, 0) is 43.9 Å². The monoisotopic (exact) mass is 307 g/mol. The van der Waals surface area contributed by atoms with Crippen molar-refractivity contribution in [3.05, 3.63) is 24.3 Å². The summed E-state index contributed by atoms with van der Waals surface area (Å²) in [7, 11) is 1.30. The van der Waals surface area contributed by atoms with Crippen molar-refractivity contribution >= 4 is 23.5 Å². The maximum atomic E-state index is 11.9. The van der Waals surface area contributed by atoms with Gasteiger partial charge in [-0.2, -0.15) is 0 Å². The normalized spacial score (nSPS) is 11.7. The number of hydrogen-bond donors (Lipinski definition) is 3. The molecule has 0 bridgehead atoms. The molecule has 6 nitrogen and oxygen atoms in total. The minimum atomic E-state index is -0.552. The van der Waals surface area contributed by atoms with Crippen molar-refractivity contribution in [1.82, 2.24) is 5.32 Å². The van der Waals surface area contributed by atoms with Crippen molar-refractivity contribution in [2.24, 2.45) is 5.92 Å². The van der Waals surface area contributed by atoms with E-state index in [1.54, 1.807) is 24.3 Å². The quantitative estimate of drug-likeness (QED) is 0.747. The Hall–Kier alpha value is -2.24. The van der Waals surface area contributed by atoms with Crippen molar-refractivity contribution in [3.8, 4) is 0 Å². The Labute approximate surface area is 131 Å². The van der Waals surface area contributed by atoms with Crippen molar-refractivity contribution in [1.29, 1.82) is 0 Å². The van der Waals surface area contributed by atoms with Crippen LogP contribution in [0, 0.1) is 5.92 Å². The number of carbonyl (C=O) groups excluding carboxylic acids is 2. The second-order valence-corrected chi connectivity index (χ2v) is 5.67. The van der Waals surface area contributed by atoms with Crippen LogP contribution in [0.3, 0.4) is 0 Å². The molecule has 0 heterocycles. The first-order valence-corrected chi connectivity index (χ1v) is 7.43. The molecule has 0 aliphatic rings. The zero-order valence-electron chi connectivity index (χ0n) is 13.6. The summed E-state index contributed by atoms with van der Waals surface area (Å²) in [6.07, 6.45) is 1.46. The Morgan fingerprint density at radius 3 is 2.32 bits per heavy atom. The van der Waals surface area contributed by atoms with Crippen LogP contribution in [-0.4, -0.2) is 25.3 Å². The summed E-state index contributed by atoms with van der Waals surface area (Å²) in [6.45, 7) is 6.30. The molecule has 1 atom stereocenters. The molecular formula is C16H25N3O3. The zero-order chi connectivity index (χ0) is 16.5. The van der Waals surface area contributed by atoms with Gasteiger partial charge in [0.15, 0.2) is 0 Å². The van der Waals surface area contributed by atoms with Crippen LogP contribution in [0.5, 0.6) is 0 Å². The first-order valence-electron chi connectivity index (χ1n) is 7.43. The molecule has 1 rings (SSSR count). The van der Waals surface area contributed by atoms with Gasteiger partial charge in [0.2, 0.25) is 0 Å². The van der Waals surface area contributed by atoms with E-state index in [-0.39, 0.29) is 12.1 Å². The number of carbonyl (C=O) groups is 2. The van der Waals surface area contributed by atoms with Crippen molar-refractivity contribution in [2.45, 2.75) is 39.7 Å². The maximum Gasteiger partial charge on any atom is 0.411 e. The number of ether oxygens (including phenoxy) is 1. The first-order chi connectivity index (χ1) is 10.4. The van der Waals surface area contributed by atoms with Crippen LogP contribution in [0.1, 0.15) is 33.6 Å². The van der Waals surface area contributed by atoms with E-state index in [0.29, 0.717) is 17.3 Å². The highest BCUT2D eigenvalue weighted by Gasteiger charge is 2.09. The molecule has 0 aromatic heterocycles. The lowest BCUT2D eigenvalue weighted by molar-refractivity contribution is 0.187. The predicted molar refractivity (Wildman–Crippen MR) is 88.2 cm³/mol. The second-order valence-electron chi connectivity index (χ2n) is 5.67. The summed E-state index contributed by atoms with van der Waals surface area (Å²) in [5, 5.41) is 8.19. The number of benzene rings is 1. The Kier molecular flexibility index (Phi) is 7.22. The molecule has 122 valence electrons. The van der Waals surface area contributed by atoms with Crippen LogP contribution in [-0.2, 0) is 4.74 Å². The van der Waals surface area contributed by atoms with Gasteiger partial charge in [-0.3, -0.25) is 5.32 Å². The van der Waals surface area contributed by atoms with Crippen LogP contribution in [0.15, 0.2) is 24.3 Å². The molecule has 1 aromatic rings. The SMILES string of the molecule is COC(=O)Nc1cccc(NC(=O)NC(C)CCC(C)C)c1. The molecule has 1 aromatic carbocycles. The molecule has 0 aliphatic carbocycles. The highest BCUT2D eigenvalue weighted by Crippen LogP contribution is 2.15. The third-order valence-corrected chi connectivity index (χ3v) is 3.11. The summed E-state index contributed by atoms with van der Waals surface area (Å²) in [5.41, 5.74) is 1.15. The summed E-state index contributed by atoms with van der Waals surface area (Å²) in [4.78, 5) is 23.1. The van der Waals surface area contributed by atoms with Crippen LogP contribution in [0.2, 0.25) is 0 Å². The average Bonchev–Trinajstić information content (AvgIpc) is 2.45. The number of methoxy groups -OCH3 is 1. The van der Waals surface area contributed by atoms with Gasteiger partial charge in [0.25, 0.3) is 0 Å². The Balaban J connectivity index is 2.50. The Morgan fingerprint density at radius 2 is 1.73 bits per heavy atom. The number of hydrogen-bond acceptors (Lipinski definition) is 3. The lowest BCUT2D eigenvalue weighted by Gasteiger charge is -2.16. The number of rotatable bonds is 6. The highest BCUT2D eigenvalue weighted by atomic mass is 16.5. The minimum Gasteiger partial charge on any atom is -0.453 e. The zero-order valence-corrected chi connectivity index (χ0v) is 13.6. The maximum absolute atomic E-state index is 11.9. The van der Waals surface area contributed by atoms with Crippen LogP contribution in [0.4, 0.5) is 21.0 Å². The number of urea groups is 1. The lowest BCUT2D eigenvalue weighted by atomic mass is 10.0. The van der Waals surface area contributed by atoms with Gasteiger partial charge in [-0.1, -0.05) is 19.9 Å². The molecule has 0 fully saturated rings. The van der Waals surface area contributed by atoms with Crippen LogP contribution in [0.25, 0.3) is 0 Å². The summed E-state index contributed by atoms with van der Waals surface area (Å²) < 4.78 is 4.52.